The van der Waals surface area contributed by atoms with Crippen LogP contribution >= 0.6 is 0 Å². The monoisotopic (exact) mass is 297 g/mol. The van der Waals surface area contributed by atoms with Crippen LogP contribution in [-0.2, 0) is 4.74 Å². The molecule has 1 aromatic carbocycles. The Kier molecular flexibility index (Phi) is 8.12. The van der Waals surface area contributed by atoms with Crippen LogP contribution in [0.5, 0.6) is 11.5 Å². The summed E-state index contributed by atoms with van der Waals surface area (Å²) in [6.07, 6.45) is -0.604. The summed E-state index contributed by atoms with van der Waals surface area (Å²) in [5.74, 6) is 1.36. The third-order valence-electron chi connectivity index (χ3n) is 3.43. The van der Waals surface area contributed by atoms with Crippen LogP contribution in [0.2, 0.25) is 0 Å². The standard InChI is InChI=1S/C16H27NO4/c1-5-17(9-10-21-6-2)12-15(18)14-8-7-13(19-3)11-16(14)20-4/h7-8,11,15,18H,5-6,9-10,12H2,1-4H3. The van der Waals surface area contributed by atoms with E-state index in [1.54, 1.807) is 20.3 Å². The van der Waals surface area contributed by atoms with Crippen LogP contribution in [0.1, 0.15) is 25.5 Å². The number of ether oxygens (including phenoxy) is 3. The fourth-order valence-electron chi connectivity index (χ4n) is 2.15. The first kappa shape index (κ1) is 17.8. The highest BCUT2D eigenvalue weighted by Crippen LogP contribution is 2.29. The number of nitrogens with zero attached hydrogens (tertiary/aromatic N) is 1. The molecular weight excluding hydrogens is 270 g/mol. The second kappa shape index (κ2) is 9.60. The van der Waals surface area contributed by atoms with Gasteiger partial charge in [0.05, 0.1) is 26.9 Å². The molecule has 0 saturated carbocycles. The summed E-state index contributed by atoms with van der Waals surface area (Å²) in [5.41, 5.74) is 0.771. The second-order valence-electron chi connectivity index (χ2n) is 4.71. The minimum absolute atomic E-state index is 0.548. The Hall–Kier alpha value is -1.30. The zero-order valence-electron chi connectivity index (χ0n) is 13.5. The molecule has 0 spiro atoms. The zero-order valence-corrected chi connectivity index (χ0v) is 13.5. The summed E-state index contributed by atoms with van der Waals surface area (Å²) in [6, 6.07) is 5.46. The minimum Gasteiger partial charge on any atom is -0.497 e. The van der Waals surface area contributed by atoms with Crippen LogP contribution < -0.4 is 9.47 Å². The van der Waals surface area contributed by atoms with E-state index in [-0.39, 0.29) is 0 Å². The Bertz CT molecular complexity index is 411. The number of hydrogen-bond donors (Lipinski definition) is 1. The van der Waals surface area contributed by atoms with Gasteiger partial charge in [0.25, 0.3) is 0 Å². The van der Waals surface area contributed by atoms with Crippen molar-refractivity contribution in [3.05, 3.63) is 23.8 Å². The van der Waals surface area contributed by atoms with Crippen molar-refractivity contribution in [2.45, 2.75) is 20.0 Å². The third-order valence-corrected chi connectivity index (χ3v) is 3.43. The molecule has 1 rings (SSSR count). The highest BCUT2D eigenvalue weighted by atomic mass is 16.5. The van der Waals surface area contributed by atoms with Gasteiger partial charge < -0.3 is 19.3 Å². The van der Waals surface area contributed by atoms with Crippen molar-refractivity contribution >= 4 is 0 Å². The van der Waals surface area contributed by atoms with Crippen molar-refractivity contribution in [1.82, 2.24) is 4.90 Å². The summed E-state index contributed by atoms with van der Waals surface area (Å²) in [7, 11) is 3.20. The summed E-state index contributed by atoms with van der Waals surface area (Å²) in [5, 5.41) is 10.5. The number of aliphatic hydroxyl groups excluding tert-OH is 1. The molecule has 0 aromatic heterocycles. The maximum absolute atomic E-state index is 10.5. The van der Waals surface area contributed by atoms with E-state index in [1.165, 1.54) is 0 Å². The number of methoxy groups -OCH3 is 2. The smallest absolute Gasteiger partial charge is 0.128 e. The molecule has 1 unspecified atom stereocenters. The SMILES string of the molecule is CCOCCN(CC)CC(O)c1ccc(OC)cc1OC. The summed E-state index contributed by atoms with van der Waals surface area (Å²) < 4.78 is 15.9. The van der Waals surface area contributed by atoms with Crippen LogP contribution in [0, 0.1) is 0 Å². The molecule has 0 aliphatic carbocycles. The highest BCUT2D eigenvalue weighted by molar-refractivity contribution is 5.42. The molecular formula is C16H27NO4. The lowest BCUT2D eigenvalue weighted by Gasteiger charge is -2.24. The molecule has 0 bridgehead atoms. The summed E-state index contributed by atoms with van der Waals surface area (Å²) in [6.45, 7) is 7.66. The van der Waals surface area contributed by atoms with Crippen LogP contribution in [0.15, 0.2) is 18.2 Å². The zero-order chi connectivity index (χ0) is 15.7. The second-order valence-corrected chi connectivity index (χ2v) is 4.71. The van der Waals surface area contributed by atoms with Crippen molar-refractivity contribution < 1.29 is 19.3 Å². The normalized spacial score (nSPS) is 12.5. The topological polar surface area (TPSA) is 51.2 Å². The lowest BCUT2D eigenvalue weighted by molar-refractivity contribution is 0.0781. The van der Waals surface area contributed by atoms with E-state index in [2.05, 4.69) is 11.8 Å². The molecule has 5 nitrogen and oxygen atoms in total. The molecule has 1 aromatic rings. The fourth-order valence-corrected chi connectivity index (χ4v) is 2.15. The van der Waals surface area contributed by atoms with Gasteiger partial charge in [0.15, 0.2) is 0 Å². The third kappa shape index (κ3) is 5.53. The van der Waals surface area contributed by atoms with E-state index in [1.807, 2.05) is 19.1 Å². The Morgan fingerprint density at radius 3 is 2.52 bits per heavy atom. The van der Waals surface area contributed by atoms with Gasteiger partial charge in [0.1, 0.15) is 11.5 Å². The van der Waals surface area contributed by atoms with E-state index in [4.69, 9.17) is 14.2 Å². The minimum atomic E-state index is -0.604. The van der Waals surface area contributed by atoms with Gasteiger partial charge in [-0.05, 0) is 25.6 Å². The van der Waals surface area contributed by atoms with Crippen molar-refractivity contribution in [1.29, 1.82) is 0 Å². The molecule has 120 valence electrons. The van der Waals surface area contributed by atoms with Gasteiger partial charge >= 0.3 is 0 Å². The molecule has 0 fully saturated rings. The Labute approximate surface area is 127 Å². The maximum atomic E-state index is 10.5. The van der Waals surface area contributed by atoms with Crippen LogP contribution in [0.3, 0.4) is 0 Å². The molecule has 0 amide bonds. The van der Waals surface area contributed by atoms with E-state index < -0.39 is 6.10 Å². The van der Waals surface area contributed by atoms with Gasteiger partial charge in [-0.1, -0.05) is 6.92 Å². The number of likely N-dealkylation sites (N-methyl/N-ethyl adjacent to an activating group) is 1. The molecule has 5 heteroatoms. The quantitative estimate of drug-likeness (QED) is 0.670. The number of benzene rings is 1. The van der Waals surface area contributed by atoms with Gasteiger partial charge in [0.2, 0.25) is 0 Å². The maximum Gasteiger partial charge on any atom is 0.128 e. The lowest BCUT2D eigenvalue weighted by Crippen LogP contribution is -2.31. The number of hydrogen-bond acceptors (Lipinski definition) is 5. The first-order valence-corrected chi connectivity index (χ1v) is 7.36. The van der Waals surface area contributed by atoms with Crippen LogP contribution in [0.25, 0.3) is 0 Å². The first-order chi connectivity index (χ1) is 10.2. The van der Waals surface area contributed by atoms with Crippen LogP contribution in [-0.4, -0.2) is 57.1 Å². The summed E-state index contributed by atoms with van der Waals surface area (Å²) in [4.78, 5) is 2.16. The average molecular weight is 297 g/mol. The lowest BCUT2D eigenvalue weighted by atomic mass is 10.1. The van der Waals surface area contributed by atoms with Gasteiger partial charge in [-0.15, -0.1) is 0 Å². The van der Waals surface area contributed by atoms with Crippen molar-refractivity contribution in [2.24, 2.45) is 0 Å². The Morgan fingerprint density at radius 1 is 1.19 bits per heavy atom. The average Bonchev–Trinajstić information content (AvgIpc) is 2.53. The van der Waals surface area contributed by atoms with Gasteiger partial charge in [-0.2, -0.15) is 0 Å². The molecule has 0 aliphatic heterocycles. The van der Waals surface area contributed by atoms with E-state index >= 15 is 0 Å². The van der Waals surface area contributed by atoms with Crippen molar-refractivity contribution in [3.8, 4) is 11.5 Å². The molecule has 0 radical (unpaired) electrons. The molecule has 1 N–H and O–H groups in total. The fraction of sp³-hybridized carbons (Fsp3) is 0.625. The van der Waals surface area contributed by atoms with Gasteiger partial charge in [-0.25, -0.2) is 0 Å². The predicted octanol–water partition coefficient (Wildman–Crippen LogP) is 2.10. The molecule has 0 saturated heterocycles. The highest BCUT2D eigenvalue weighted by Gasteiger charge is 2.17. The Morgan fingerprint density at radius 2 is 1.95 bits per heavy atom. The van der Waals surface area contributed by atoms with Crippen molar-refractivity contribution in [2.75, 3.05) is 47.1 Å². The largest absolute Gasteiger partial charge is 0.497 e. The number of aliphatic hydroxyl groups is 1. The first-order valence-electron chi connectivity index (χ1n) is 7.36. The molecule has 0 heterocycles. The molecule has 1 atom stereocenters. The molecule has 21 heavy (non-hydrogen) atoms. The summed E-state index contributed by atoms with van der Waals surface area (Å²) >= 11 is 0. The van der Waals surface area contributed by atoms with E-state index in [0.717, 1.165) is 18.7 Å². The molecule has 0 aliphatic rings. The van der Waals surface area contributed by atoms with E-state index in [0.29, 0.717) is 31.3 Å². The predicted molar refractivity (Wildman–Crippen MR) is 83.1 cm³/mol. The van der Waals surface area contributed by atoms with E-state index in [9.17, 15) is 5.11 Å². The van der Waals surface area contributed by atoms with Crippen LogP contribution in [0.4, 0.5) is 0 Å². The van der Waals surface area contributed by atoms with Gasteiger partial charge in [-0.3, -0.25) is 4.90 Å². The van der Waals surface area contributed by atoms with Crippen molar-refractivity contribution in [3.63, 3.8) is 0 Å². The number of rotatable bonds is 10. The Balaban J connectivity index is 2.70. The van der Waals surface area contributed by atoms with Gasteiger partial charge in [0, 0.05) is 31.3 Å².